The molecule has 0 unspecified atom stereocenters. The van der Waals surface area contributed by atoms with E-state index in [9.17, 15) is 4.79 Å². The second-order valence-electron chi connectivity index (χ2n) is 7.01. The van der Waals surface area contributed by atoms with E-state index in [-0.39, 0.29) is 11.7 Å². The summed E-state index contributed by atoms with van der Waals surface area (Å²) in [5, 5.41) is 14.5. The molecule has 0 radical (unpaired) electrons. The van der Waals surface area contributed by atoms with E-state index in [1.807, 2.05) is 64.5 Å². The molecule has 2 heterocycles. The summed E-state index contributed by atoms with van der Waals surface area (Å²) in [5.74, 6) is 2.29. The number of thioether (sulfide) groups is 1. The number of nitrogens with one attached hydrogen (secondary N) is 1. The molecule has 0 atom stereocenters. The minimum Gasteiger partial charge on any atom is -0.497 e. The molecule has 2 aromatic heterocycles. The molecule has 0 fully saturated rings. The van der Waals surface area contributed by atoms with Crippen LogP contribution in [0.25, 0.3) is 17.1 Å². The average molecular weight is 481 g/mol. The molecule has 0 aliphatic rings. The van der Waals surface area contributed by atoms with Crippen LogP contribution in [0.15, 0.2) is 71.2 Å². The zero-order valence-electron chi connectivity index (χ0n) is 18.4. The fraction of sp³-hybridized carbons (Fsp3) is 0.208. The van der Waals surface area contributed by atoms with Crippen molar-refractivity contribution in [2.75, 3.05) is 26.5 Å². The number of ether oxygens (including phenoxy) is 2. The fourth-order valence-corrected chi connectivity index (χ4v) is 4.78. The molecule has 0 aliphatic heterocycles. The molecule has 0 saturated carbocycles. The molecule has 4 rings (SSSR count). The molecular weight excluding hydrogens is 456 g/mol. The van der Waals surface area contributed by atoms with Crippen molar-refractivity contribution in [2.24, 2.45) is 0 Å². The number of benzene rings is 2. The number of thiophene rings is 1. The topological polar surface area (TPSA) is 78.3 Å². The summed E-state index contributed by atoms with van der Waals surface area (Å²) in [4.78, 5) is 13.7. The molecule has 7 nitrogen and oxygen atoms in total. The van der Waals surface area contributed by atoms with Gasteiger partial charge in [-0.15, -0.1) is 21.5 Å². The number of carbonyl (C=O) groups is 1. The zero-order valence-corrected chi connectivity index (χ0v) is 20.0. The molecule has 1 amide bonds. The Bertz CT molecular complexity index is 1190. The van der Waals surface area contributed by atoms with Crippen molar-refractivity contribution in [3.8, 4) is 28.6 Å². The summed E-state index contributed by atoms with van der Waals surface area (Å²) in [7, 11) is 3.26. The van der Waals surface area contributed by atoms with Crippen LogP contribution < -0.4 is 14.8 Å². The Morgan fingerprint density at radius 1 is 1.03 bits per heavy atom. The molecular formula is C24H24N4O3S2. The van der Waals surface area contributed by atoms with E-state index in [4.69, 9.17) is 9.47 Å². The summed E-state index contributed by atoms with van der Waals surface area (Å²) in [6.45, 7) is 0.609. The number of methoxy groups -OCH3 is 2. The van der Waals surface area contributed by atoms with Gasteiger partial charge in [0.2, 0.25) is 5.91 Å². The van der Waals surface area contributed by atoms with Gasteiger partial charge < -0.3 is 14.8 Å². The lowest BCUT2D eigenvalue weighted by Gasteiger charge is -2.13. The molecule has 0 aliphatic carbocycles. The maximum Gasteiger partial charge on any atom is 0.230 e. The Labute approximate surface area is 200 Å². The first-order valence-corrected chi connectivity index (χ1v) is 12.2. The first-order valence-electron chi connectivity index (χ1n) is 10.3. The van der Waals surface area contributed by atoms with Gasteiger partial charge in [-0.1, -0.05) is 30.0 Å². The van der Waals surface area contributed by atoms with Gasteiger partial charge in [0, 0.05) is 11.4 Å². The van der Waals surface area contributed by atoms with E-state index in [0.717, 1.165) is 23.4 Å². The Balaban J connectivity index is 1.55. The summed E-state index contributed by atoms with van der Waals surface area (Å²) in [6, 6.07) is 19.4. The molecule has 9 heteroatoms. The Morgan fingerprint density at radius 2 is 1.85 bits per heavy atom. The Morgan fingerprint density at radius 3 is 2.58 bits per heavy atom. The van der Waals surface area contributed by atoms with Gasteiger partial charge in [-0.05, 0) is 54.3 Å². The highest BCUT2D eigenvalue weighted by atomic mass is 32.2. The second-order valence-corrected chi connectivity index (χ2v) is 8.98. The number of carbonyl (C=O) groups excluding carboxylic acids is 1. The van der Waals surface area contributed by atoms with Crippen LogP contribution in [0.5, 0.6) is 11.5 Å². The lowest BCUT2D eigenvalue weighted by molar-refractivity contribution is -0.118. The van der Waals surface area contributed by atoms with Crippen molar-refractivity contribution in [2.45, 2.75) is 11.6 Å². The molecule has 0 spiro atoms. The van der Waals surface area contributed by atoms with Crippen LogP contribution >= 0.6 is 23.1 Å². The van der Waals surface area contributed by atoms with Gasteiger partial charge in [0.15, 0.2) is 11.0 Å². The number of hydrogen-bond acceptors (Lipinski definition) is 7. The predicted molar refractivity (Wildman–Crippen MR) is 132 cm³/mol. The lowest BCUT2D eigenvalue weighted by atomic mass is 10.2. The number of para-hydroxylation sites is 1. The molecule has 33 heavy (non-hydrogen) atoms. The van der Waals surface area contributed by atoms with E-state index in [0.29, 0.717) is 23.3 Å². The van der Waals surface area contributed by atoms with Crippen molar-refractivity contribution in [1.82, 2.24) is 20.1 Å². The van der Waals surface area contributed by atoms with Crippen molar-refractivity contribution < 1.29 is 14.3 Å². The second kappa shape index (κ2) is 11.0. The van der Waals surface area contributed by atoms with Crippen LogP contribution in [0, 0.1) is 0 Å². The van der Waals surface area contributed by atoms with Crippen LogP contribution in [0.1, 0.15) is 4.88 Å². The normalized spacial score (nSPS) is 10.7. The van der Waals surface area contributed by atoms with Gasteiger partial charge >= 0.3 is 0 Å². The molecule has 4 aromatic rings. The Hall–Kier alpha value is -3.30. The van der Waals surface area contributed by atoms with Crippen LogP contribution in [0.2, 0.25) is 0 Å². The van der Waals surface area contributed by atoms with Crippen LogP contribution in [-0.2, 0) is 11.2 Å². The van der Waals surface area contributed by atoms with E-state index in [2.05, 4.69) is 21.6 Å². The molecule has 2 aromatic carbocycles. The highest BCUT2D eigenvalue weighted by molar-refractivity contribution is 7.99. The van der Waals surface area contributed by atoms with Crippen molar-refractivity contribution >= 4 is 29.0 Å². The third-order valence-corrected chi connectivity index (χ3v) is 6.78. The first kappa shape index (κ1) is 22.9. The minimum atomic E-state index is -0.0420. The van der Waals surface area contributed by atoms with Gasteiger partial charge in [-0.25, -0.2) is 0 Å². The number of hydrogen-bond donors (Lipinski definition) is 1. The average Bonchev–Trinajstić information content (AvgIpc) is 3.53. The third kappa shape index (κ3) is 5.55. The van der Waals surface area contributed by atoms with Gasteiger partial charge in [-0.2, -0.15) is 0 Å². The van der Waals surface area contributed by atoms with Crippen molar-refractivity contribution in [3.63, 3.8) is 0 Å². The first-order chi connectivity index (χ1) is 16.2. The summed E-state index contributed by atoms with van der Waals surface area (Å²) < 4.78 is 12.8. The molecule has 170 valence electrons. The zero-order chi connectivity index (χ0) is 23.0. The van der Waals surface area contributed by atoms with Gasteiger partial charge in [-0.3, -0.25) is 9.36 Å². The quantitative estimate of drug-likeness (QED) is 0.338. The third-order valence-electron chi connectivity index (χ3n) is 4.92. The molecule has 1 N–H and O–H groups in total. The Kier molecular flexibility index (Phi) is 7.64. The van der Waals surface area contributed by atoms with Gasteiger partial charge in [0.1, 0.15) is 11.5 Å². The summed E-state index contributed by atoms with van der Waals surface area (Å²) in [6.07, 6.45) is 0.827. The number of aromatic nitrogens is 3. The molecule has 0 saturated heterocycles. The van der Waals surface area contributed by atoms with Crippen LogP contribution in [0.4, 0.5) is 0 Å². The highest BCUT2D eigenvalue weighted by Gasteiger charge is 2.19. The highest BCUT2D eigenvalue weighted by Crippen LogP contribution is 2.33. The van der Waals surface area contributed by atoms with E-state index < -0.39 is 0 Å². The summed E-state index contributed by atoms with van der Waals surface area (Å²) in [5.41, 5.74) is 1.68. The van der Waals surface area contributed by atoms with E-state index in [1.54, 1.807) is 25.6 Å². The smallest absolute Gasteiger partial charge is 0.230 e. The maximum atomic E-state index is 12.4. The number of nitrogens with zero attached hydrogens (tertiary/aromatic N) is 3. The van der Waals surface area contributed by atoms with Crippen LogP contribution in [-0.4, -0.2) is 47.2 Å². The largest absolute Gasteiger partial charge is 0.497 e. The van der Waals surface area contributed by atoms with Crippen molar-refractivity contribution in [3.05, 3.63) is 70.9 Å². The van der Waals surface area contributed by atoms with Gasteiger partial charge in [0.05, 0.1) is 31.2 Å². The van der Waals surface area contributed by atoms with Crippen molar-refractivity contribution in [1.29, 1.82) is 0 Å². The summed E-state index contributed by atoms with van der Waals surface area (Å²) >= 11 is 3.04. The van der Waals surface area contributed by atoms with E-state index >= 15 is 0 Å². The number of rotatable bonds is 10. The molecule has 0 bridgehead atoms. The van der Waals surface area contributed by atoms with Gasteiger partial charge in [0.25, 0.3) is 0 Å². The maximum absolute atomic E-state index is 12.4. The monoisotopic (exact) mass is 480 g/mol. The van der Waals surface area contributed by atoms with Crippen LogP contribution in [0.3, 0.4) is 0 Å². The number of amides is 1. The standard InChI is InChI=1S/C24H24N4O3S2/c1-30-18-11-9-17(10-12-18)28-23(20-7-3-4-8-21(20)31-2)26-27-24(28)33-16-22(29)25-14-13-19-6-5-15-32-19/h3-12,15H,13-14,16H2,1-2H3,(H,25,29). The minimum absolute atomic E-state index is 0.0420. The SMILES string of the molecule is COc1ccc(-n2c(SCC(=O)NCCc3cccs3)nnc2-c2ccccc2OC)cc1. The lowest BCUT2D eigenvalue weighted by Crippen LogP contribution is -2.27. The van der Waals surface area contributed by atoms with E-state index in [1.165, 1.54) is 16.6 Å². The fourth-order valence-electron chi connectivity index (χ4n) is 3.29. The predicted octanol–water partition coefficient (Wildman–Crippen LogP) is 4.46.